The Morgan fingerprint density at radius 3 is 2.74 bits per heavy atom. The molecule has 1 aromatic rings. The van der Waals surface area contributed by atoms with Crippen LogP contribution in [-0.2, 0) is 0 Å². The van der Waals surface area contributed by atoms with Gasteiger partial charge in [-0.05, 0) is 30.5 Å². The Morgan fingerprint density at radius 2 is 2.16 bits per heavy atom. The molecule has 1 rings (SSSR count). The molecule has 0 aliphatic heterocycles. The van der Waals surface area contributed by atoms with Crippen molar-refractivity contribution >= 4 is 11.6 Å². The van der Waals surface area contributed by atoms with E-state index in [2.05, 4.69) is 5.32 Å². The van der Waals surface area contributed by atoms with E-state index in [0.29, 0.717) is 29.3 Å². The van der Waals surface area contributed by atoms with Crippen molar-refractivity contribution in [3.05, 3.63) is 23.8 Å². The number of nitrogens with two attached hydrogens (primary N) is 1. The smallest absolute Gasteiger partial charge is 0.251 e. The Hall–Kier alpha value is -1.75. The van der Waals surface area contributed by atoms with Gasteiger partial charge in [0.05, 0.1) is 18.9 Å². The summed E-state index contributed by atoms with van der Waals surface area (Å²) < 4.78 is 5.06. The second-order valence-corrected chi connectivity index (χ2v) is 4.95. The van der Waals surface area contributed by atoms with Crippen molar-refractivity contribution in [1.82, 2.24) is 5.32 Å². The molecule has 0 radical (unpaired) electrons. The maximum Gasteiger partial charge on any atom is 0.251 e. The van der Waals surface area contributed by atoms with Crippen molar-refractivity contribution in [2.75, 3.05) is 19.4 Å². The molecule has 1 atom stereocenters. The number of nitrogen functional groups attached to an aromatic ring is 1. The average molecular weight is 266 g/mol. The normalized spacial score (nSPS) is 12.3. The summed E-state index contributed by atoms with van der Waals surface area (Å²) in [6.07, 6.45) is 0.130. The lowest BCUT2D eigenvalue weighted by Gasteiger charge is -2.14. The summed E-state index contributed by atoms with van der Waals surface area (Å²) in [5.74, 6) is 0.611. The van der Waals surface area contributed by atoms with Gasteiger partial charge in [0.1, 0.15) is 5.75 Å². The molecule has 5 heteroatoms. The van der Waals surface area contributed by atoms with Crippen LogP contribution in [0.15, 0.2) is 18.2 Å². The van der Waals surface area contributed by atoms with E-state index >= 15 is 0 Å². The Morgan fingerprint density at radius 1 is 1.47 bits per heavy atom. The third kappa shape index (κ3) is 4.79. The standard InChI is InChI=1S/C14H22N2O3/c1-9(2)6-11(17)8-16-14(18)10-4-5-12(15)13(7-10)19-3/h4-5,7,9,11,17H,6,8,15H2,1-3H3,(H,16,18). The van der Waals surface area contributed by atoms with E-state index in [9.17, 15) is 9.90 Å². The van der Waals surface area contributed by atoms with Crippen LogP contribution >= 0.6 is 0 Å². The van der Waals surface area contributed by atoms with E-state index in [1.807, 2.05) is 13.8 Å². The van der Waals surface area contributed by atoms with Gasteiger partial charge in [0.25, 0.3) is 5.91 Å². The van der Waals surface area contributed by atoms with Gasteiger partial charge in [-0.2, -0.15) is 0 Å². The maximum atomic E-state index is 11.9. The van der Waals surface area contributed by atoms with Gasteiger partial charge in [0, 0.05) is 12.1 Å². The number of aliphatic hydroxyl groups excluding tert-OH is 1. The quantitative estimate of drug-likeness (QED) is 0.680. The van der Waals surface area contributed by atoms with Crippen LogP contribution in [0.25, 0.3) is 0 Å². The third-order valence-corrected chi connectivity index (χ3v) is 2.74. The van der Waals surface area contributed by atoms with Crippen molar-refractivity contribution in [2.45, 2.75) is 26.4 Å². The summed E-state index contributed by atoms with van der Waals surface area (Å²) in [5.41, 5.74) is 6.63. The highest BCUT2D eigenvalue weighted by Crippen LogP contribution is 2.21. The molecule has 5 nitrogen and oxygen atoms in total. The topological polar surface area (TPSA) is 84.6 Å². The van der Waals surface area contributed by atoms with Gasteiger partial charge in [-0.25, -0.2) is 0 Å². The molecule has 0 heterocycles. The summed E-state index contributed by atoms with van der Waals surface area (Å²) in [6, 6.07) is 4.83. The lowest BCUT2D eigenvalue weighted by atomic mass is 10.1. The molecule has 0 aliphatic rings. The fraction of sp³-hybridized carbons (Fsp3) is 0.500. The number of methoxy groups -OCH3 is 1. The maximum absolute atomic E-state index is 11.9. The van der Waals surface area contributed by atoms with Crippen LogP contribution in [0.2, 0.25) is 0 Å². The first-order valence-corrected chi connectivity index (χ1v) is 6.33. The van der Waals surface area contributed by atoms with E-state index < -0.39 is 6.10 Å². The zero-order valence-corrected chi connectivity index (χ0v) is 11.6. The summed E-state index contributed by atoms with van der Waals surface area (Å²) in [7, 11) is 1.50. The average Bonchev–Trinajstić information content (AvgIpc) is 2.35. The molecule has 0 aliphatic carbocycles. The highest BCUT2D eigenvalue weighted by Gasteiger charge is 2.12. The van der Waals surface area contributed by atoms with Crippen LogP contribution in [0.4, 0.5) is 5.69 Å². The van der Waals surface area contributed by atoms with E-state index in [1.54, 1.807) is 18.2 Å². The van der Waals surface area contributed by atoms with Crippen LogP contribution < -0.4 is 15.8 Å². The van der Waals surface area contributed by atoms with Crippen molar-refractivity contribution in [3.8, 4) is 5.75 Å². The van der Waals surface area contributed by atoms with Crippen LogP contribution in [-0.4, -0.2) is 30.8 Å². The van der Waals surface area contributed by atoms with Gasteiger partial charge in [0.15, 0.2) is 0 Å². The number of hydrogen-bond acceptors (Lipinski definition) is 4. The molecule has 0 saturated carbocycles. The summed E-state index contributed by atoms with van der Waals surface area (Å²) in [4.78, 5) is 11.9. The molecular formula is C14H22N2O3. The summed E-state index contributed by atoms with van der Waals surface area (Å²) in [5, 5.41) is 12.4. The summed E-state index contributed by atoms with van der Waals surface area (Å²) in [6.45, 7) is 4.29. The zero-order valence-electron chi connectivity index (χ0n) is 11.6. The minimum absolute atomic E-state index is 0.240. The van der Waals surface area contributed by atoms with Gasteiger partial charge in [-0.3, -0.25) is 4.79 Å². The van der Waals surface area contributed by atoms with Crippen molar-refractivity contribution in [3.63, 3.8) is 0 Å². The van der Waals surface area contributed by atoms with E-state index in [4.69, 9.17) is 10.5 Å². The molecule has 1 unspecified atom stereocenters. The van der Waals surface area contributed by atoms with Crippen molar-refractivity contribution in [2.24, 2.45) is 5.92 Å². The van der Waals surface area contributed by atoms with E-state index in [0.717, 1.165) is 0 Å². The number of aliphatic hydroxyl groups is 1. The highest BCUT2D eigenvalue weighted by molar-refractivity contribution is 5.95. The third-order valence-electron chi connectivity index (χ3n) is 2.74. The van der Waals surface area contributed by atoms with E-state index in [1.165, 1.54) is 7.11 Å². The molecule has 106 valence electrons. The SMILES string of the molecule is COc1cc(C(=O)NCC(O)CC(C)C)ccc1N. The molecule has 1 aromatic carbocycles. The molecule has 0 fully saturated rings. The Balaban J connectivity index is 2.58. The number of benzene rings is 1. The Kier molecular flexibility index (Phi) is 5.63. The van der Waals surface area contributed by atoms with Gasteiger partial charge in [-0.15, -0.1) is 0 Å². The Bertz CT molecular complexity index is 433. The molecule has 0 bridgehead atoms. The largest absolute Gasteiger partial charge is 0.495 e. The first kappa shape index (κ1) is 15.3. The fourth-order valence-corrected chi connectivity index (χ4v) is 1.79. The second kappa shape index (κ2) is 6.99. The number of rotatable bonds is 6. The summed E-state index contributed by atoms with van der Waals surface area (Å²) >= 11 is 0. The predicted molar refractivity (Wildman–Crippen MR) is 75.2 cm³/mol. The first-order valence-electron chi connectivity index (χ1n) is 6.33. The van der Waals surface area contributed by atoms with Gasteiger partial charge in [0.2, 0.25) is 0 Å². The van der Waals surface area contributed by atoms with Gasteiger partial charge >= 0.3 is 0 Å². The minimum Gasteiger partial charge on any atom is -0.495 e. The number of amides is 1. The molecule has 0 spiro atoms. The second-order valence-electron chi connectivity index (χ2n) is 4.95. The monoisotopic (exact) mass is 266 g/mol. The van der Waals surface area contributed by atoms with Crippen molar-refractivity contribution < 1.29 is 14.6 Å². The molecular weight excluding hydrogens is 244 g/mol. The number of anilines is 1. The molecule has 19 heavy (non-hydrogen) atoms. The number of ether oxygens (including phenoxy) is 1. The van der Waals surface area contributed by atoms with Gasteiger partial charge < -0.3 is 20.9 Å². The number of hydrogen-bond donors (Lipinski definition) is 3. The Labute approximate surface area is 113 Å². The lowest BCUT2D eigenvalue weighted by Crippen LogP contribution is -2.32. The molecule has 4 N–H and O–H groups in total. The zero-order chi connectivity index (χ0) is 14.4. The van der Waals surface area contributed by atoms with Crippen LogP contribution in [0, 0.1) is 5.92 Å². The van der Waals surface area contributed by atoms with Gasteiger partial charge in [-0.1, -0.05) is 13.8 Å². The predicted octanol–water partition coefficient (Wildman–Crippen LogP) is 1.41. The minimum atomic E-state index is -0.528. The molecule has 1 amide bonds. The lowest BCUT2D eigenvalue weighted by molar-refractivity contribution is 0.0900. The number of nitrogens with one attached hydrogen (secondary N) is 1. The van der Waals surface area contributed by atoms with Crippen molar-refractivity contribution in [1.29, 1.82) is 0 Å². The highest BCUT2D eigenvalue weighted by atomic mass is 16.5. The fourth-order valence-electron chi connectivity index (χ4n) is 1.79. The van der Waals surface area contributed by atoms with E-state index in [-0.39, 0.29) is 12.5 Å². The van der Waals surface area contributed by atoms with Crippen LogP contribution in [0.1, 0.15) is 30.6 Å². The number of carbonyl (C=O) groups excluding carboxylic acids is 1. The van der Waals surface area contributed by atoms with Crippen LogP contribution in [0.5, 0.6) is 5.75 Å². The number of carbonyl (C=O) groups is 1. The molecule has 0 aromatic heterocycles. The first-order chi connectivity index (χ1) is 8.93. The molecule has 0 saturated heterocycles. The van der Waals surface area contributed by atoms with Crippen LogP contribution in [0.3, 0.4) is 0 Å².